The third-order valence-corrected chi connectivity index (χ3v) is 5.78. The van der Waals surface area contributed by atoms with Crippen LogP contribution < -0.4 is 4.74 Å². The molecule has 2 atom stereocenters. The van der Waals surface area contributed by atoms with Crippen molar-refractivity contribution in [3.8, 4) is 5.75 Å². The summed E-state index contributed by atoms with van der Waals surface area (Å²) in [6.07, 6.45) is 6.48. The van der Waals surface area contributed by atoms with Gasteiger partial charge in [0.15, 0.2) is 11.6 Å². The summed E-state index contributed by atoms with van der Waals surface area (Å²) < 4.78 is 24.6. The smallest absolute Gasteiger partial charge is 0.410 e. The summed E-state index contributed by atoms with van der Waals surface area (Å²) >= 11 is 0. The normalized spacial score (nSPS) is 20.8. The van der Waals surface area contributed by atoms with Gasteiger partial charge in [-0.3, -0.25) is 4.90 Å². The minimum absolute atomic E-state index is 0.0591. The first-order valence-electron chi connectivity index (χ1n) is 10.1. The average molecular weight is 395 g/mol. The first kappa shape index (κ1) is 19.5. The highest BCUT2D eigenvalue weighted by Crippen LogP contribution is 2.35. The van der Waals surface area contributed by atoms with Crippen molar-refractivity contribution in [2.45, 2.75) is 50.8 Å². The van der Waals surface area contributed by atoms with Gasteiger partial charge in [0, 0.05) is 6.04 Å². The Hall–Kier alpha value is -2.82. The molecule has 152 valence electrons. The Morgan fingerprint density at radius 3 is 2.69 bits per heavy atom. The summed E-state index contributed by atoms with van der Waals surface area (Å²) in [4.78, 5) is 14.7. The van der Waals surface area contributed by atoms with E-state index in [0.29, 0.717) is 6.42 Å². The molecule has 0 aliphatic carbocycles. The van der Waals surface area contributed by atoms with Crippen molar-refractivity contribution in [2.24, 2.45) is 0 Å². The zero-order valence-corrected chi connectivity index (χ0v) is 16.6. The van der Waals surface area contributed by atoms with Crippen molar-refractivity contribution in [3.63, 3.8) is 0 Å². The van der Waals surface area contributed by atoms with E-state index in [1.54, 1.807) is 6.07 Å². The van der Waals surface area contributed by atoms with Crippen LogP contribution >= 0.6 is 0 Å². The van der Waals surface area contributed by atoms with Gasteiger partial charge in [0.2, 0.25) is 0 Å². The van der Waals surface area contributed by atoms with Crippen LogP contribution in [0.2, 0.25) is 0 Å². The predicted molar refractivity (Wildman–Crippen MR) is 109 cm³/mol. The van der Waals surface area contributed by atoms with Gasteiger partial charge >= 0.3 is 6.09 Å². The number of rotatable bonds is 5. The van der Waals surface area contributed by atoms with Crippen LogP contribution in [-0.2, 0) is 17.8 Å². The van der Waals surface area contributed by atoms with Crippen LogP contribution in [0.1, 0.15) is 36.8 Å². The summed E-state index contributed by atoms with van der Waals surface area (Å²) in [6.45, 7) is 0.289. The second kappa shape index (κ2) is 8.68. The van der Waals surface area contributed by atoms with Gasteiger partial charge in [-0.25, -0.2) is 9.18 Å². The Bertz CT molecular complexity index is 896. The molecular weight excluding hydrogens is 369 g/mol. The maximum atomic E-state index is 14.0. The minimum Gasteiger partial charge on any atom is -0.494 e. The highest BCUT2D eigenvalue weighted by Gasteiger charge is 2.37. The van der Waals surface area contributed by atoms with Crippen LogP contribution in [0.3, 0.4) is 0 Å². The van der Waals surface area contributed by atoms with Crippen LogP contribution in [0, 0.1) is 5.82 Å². The molecule has 0 spiro atoms. The maximum absolute atomic E-state index is 14.0. The lowest BCUT2D eigenvalue weighted by Crippen LogP contribution is -2.52. The van der Waals surface area contributed by atoms with Crippen LogP contribution in [-0.4, -0.2) is 30.2 Å². The third kappa shape index (κ3) is 4.44. The first-order valence-corrected chi connectivity index (χ1v) is 10.1. The molecule has 2 aromatic rings. The monoisotopic (exact) mass is 395 g/mol. The van der Waals surface area contributed by atoms with Crippen molar-refractivity contribution >= 4 is 6.09 Å². The Morgan fingerprint density at radius 2 is 1.97 bits per heavy atom. The Morgan fingerprint density at radius 1 is 1.14 bits per heavy atom. The number of hydrogen-bond donors (Lipinski definition) is 0. The average Bonchev–Trinajstić information content (AvgIpc) is 2.72. The number of carbonyl (C=O) groups is 1. The molecule has 2 unspecified atom stereocenters. The van der Waals surface area contributed by atoms with E-state index in [-0.39, 0.29) is 36.4 Å². The van der Waals surface area contributed by atoms with Crippen molar-refractivity contribution in [1.82, 2.24) is 4.90 Å². The fourth-order valence-electron chi connectivity index (χ4n) is 4.41. The van der Waals surface area contributed by atoms with E-state index in [2.05, 4.69) is 6.08 Å². The number of halogens is 1. The van der Waals surface area contributed by atoms with E-state index in [1.807, 2.05) is 41.3 Å². The molecule has 0 radical (unpaired) electrons. The molecule has 0 N–H and O–H groups in total. The molecule has 4 nitrogen and oxygen atoms in total. The van der Waals surface area contributed by atoms with Crippen molar-refractivity contribution in [3.05, 3.63) is 77.1 Å². The lowest BCUT2D eigenvalue weighted by Gasteiger charge is -2.44. The molecule has 2 heterocycles. The summed E-state index contributed by atoms with van der Waals surface area (Å²) in [7, 11) is 1.47. The van der Waals surface area contributed by atoms with Crippen molar-refractivity contribution in [2.75, 3.05) is 7.11 Å². The topological polar surface area (TPSA) is 38.8 Å². The molecule has 29 heavy (non-hydrogen) atoms. The van der Waals surface area contributed by atoms with E-state index in [0.717, 1.165) is 36.8 Å². The zero-order valence-electron chi connectivity index (χ0n) is 16.6. The van der Waals surface area contributed by atoms with Gasteiger partial charge in [-0.15, -0.1) is 0 Å². The van der Waals surface area contributed by atoms with Crippen LogP contribution in [0.5, 0.6) is 5.75 Å². The number of fused-ring (bicyclic) bond motifs is 2. The van der Waals surface area contributed by atoms with Crippen LogP contribution in [0.4, 0.5) is 9.18 Å². The highest BCUT2D eigenvalue weighted by atomic mass is 19.1. The first-order chi connectivity index (χ1) is 14.1. The van der Waals surface area contributed by atoms with E-state index < -0.39 is 0 Å². The molecule has 2 aromatic carbocycles. The SMILES string of the molecule is COc1ccc(CC2=CC3CCCC(C2)N3C(=O)OCc2ccccc2)cc1F. The lowest BCUT2D eigenvalue weighted by molar-refractivity contribution is 0.0481. The zero-order chi connectivity index (χ0) is 20.2. The predicted octanol–water partition coefficient (Wildman–Crippen LogP) is 5.27. The van der Waals surface area contributed by atoms with Gasteiger partial charge in [-0.05, 0) is 55.4 Å². The van der Waals surface area contributed by atoms with E-state index >= 15 is 0 Å². The minimum atomic E-state index is -0.340. The lowest BCUT2D eigenvalue weighted by atomic mass is 9.83. The molecule has 2 aliphatic rings. The number of methoxy groups -OCH3 is 1. The Kier molecular flexibility index (Phi) is 5.84. The highest BCUT2D eigenvalue weighted by molar-refractivity contribution is 5.69. The number of ether oxygens (including phenoxy) is 2. The summed E-state index contributed by atoms with van der Waals surface area (Å²) in [5.41, 5.74) is 3.17. The Balaban J connectivity index is 1.44. The summed E-state index contributed by atoms with van der Waals surface area (Å²) in [5.74, 6) is -0.0803. The number of hydrogen-bond acceptors (Lipinski definition) is 3. The number of amides is 1. The fourth-order valence-corrected chi connectivity index (χ4v) is 4.41. The van der Waals surface area contributed by atoms with Crippen LogP contribution in [0.15, 0.2) is 60.2 Å². The molecule has 1 fully saturated rings. The van der Waals surface area contributed by atoms with Crippen molar-refractivity contribution in [1.29, 1.82) is 0 Å². The molecule has 2 bridgehead atoms. The standard InChI is InChI=1S/C24H26FNO3/c1-28-23-11-10-18(15-22(23)25)12-19-13-20-8-5-9-21(14-19)26(20)24(27)29-16-17-6-3-2-4-7-17/h2-4,6-7,10-11,13,15,20-21H,5,8-9,12,14,16H2,1H3. The van der Waals surface area contributed by atoms with Gasteiger partial charge in [-0.2, -0.15) is 0 Å². The molecule has 5 heteroatoms. The number of piperidine rings is 1. The molecule has 4 rings (SSSR count). The summed E-state index contributed by atoms with van der Waals surface area (Å²) in [5, 5.41) is 0. The largest absolute Gasteiger partial charge is 0.494 e. The maximum Gasteiger partial charge on any atom is 0.410 e. The van der Waals surface area contributed by atoms with E-state index in [1.165, 1.54) is 18.7 Å². The molecule has 2 aliphatic heterocycles. The number of carbonyl (C=O) groups excluding carboxylic acids is 1. The second-order valence-electron chi connectivity index (χ2n) is 7.77. The third-order valence-electron chi connectivity index (χ3n) is 5.78. The van der Waals surface area contributed by atoms with Gasteiger partial charge < -0.3 is 9.47 Å². The number of nitrogens with zero attached hydrogens (tertiary/aromatic N) is 1. The van der Waals surface area contributed by atoms with Gasteiger partial charge in [0.1, 0.15) is 6.61 Å². The van der Waals surface area contributed by atoms with E-state index in [9.17, 15) is 9.18 Å². The fraction of sp³-hybridized carbons (Fsp3) is 0.375. The quantitative estimate of drug-likeness (QED) is 0.648. The van der Waals surface area contributed by atoms with Gasteiger partial charge in [0.05, 0.1) is 13.2 Å². The molecular formula is C24H26FNO3. The molecule has 0 aromatic heterocycles. The molecule has 1 saturated heterocycles. The Labute approximate surface area is 170 Å². The second-order valence-corrected chi connectivity index (χ2v) is 7.77. The number of benzene rings is 2. The van der Waals surface area contributed by atoms with Gasteiger partial charge in [0.25, 0.3) is 0 Å². The molecule has 1 amide bonds. The van der Waals surface area contributed by atoms with E-state index in [4.69, 9.17) is 9.47 Å². The van der Waals surface area contributed by atoms with Crippen LogP contribution in [0.25, 0.3) is 0 Å². The van der Waals surface area contributed by atoms with Gasteiger partial charge in [-0.1, -0.05) is 48.0 Å². The summed E-state index contributed by atoms with van der Waals surface area (Å²) in [6, 6.07) is 15.1. The van der Waals surface area contributed by atoms with Crippen molar-refractivity contribution < 1.29 is 18.7 Å². The molecule has 0 saturated carbocycles.